The van der Waals surface area contributed by atoms with Crippen LogP contribution in [0, 0.1) is 0 Å². The van der Waals surface area contributed by atoms with Crippen molar-refractivity contribution in [3.63, 3.8) is 0 Å². The molecule has 0 bridgehead atoms. The van der Waals surface area contributed by atoms with Gasteiger partial charge in [0.15, 0.2) is 0 Å². The summed E-state index contributed by atoms with van der Waals surface area (Å²) < 4.78 is 5.07. The molecule has 1 rings (SSSR count). The van der Waals surface area contributed by atoms with E-state index in [0.717, 1.165) is 5.69 Å². The number of urea groups is 1. The summed E-state index contributed by atoms with van der Waals surface area (Å²) in [5.74, 6) is 0.686. The van der Waals surface area contributed by atoms with Crippen LogP contribution in [0.3, 0.4) is 0 Å². The Hall–Kier alpha value is -2.11. The predicted molar refractivity (Wildman–Crippen MR) is 63.5 cm³/mol. The summed E-state index contributed by atoms with van der Waals surface area (Å²) in [6.45, 7) is 1.02. The normalized spacial score (nSPS) is 9.56. The SMILES string of the molecule is COc1cc(N)cc(NCCNC(N)=O)c1. The lowest BCUT2D eigenvalue weighted by atomic mass is 10.2. The third-order valence-corrected chi connectivity index (χ3v) is 1.92. The summed E-state index contributed by atoms with van der Waals surface area (Å²) in [5, 5.41) is 5.56. The molecule has 1 aromatic rings. The van der Waals surface area contributed by atoms with E-state index in [-0.39, 0.29) is 0 Å². The van der Waals surface area contributed by atoms with Gasteiger partial charge in [0.2, 0.25) is 0 Å². The van der Waals surface area contributed by atoms with Gasteiger partial charge in [-0.1, -0.05) is 0 Å². The van der Waals surface area contributed by atoms with Crippen LogP contribution in [0.25, 0.3) is 0 Å². The van der Waals surface area contributed by atoms with Gasteiger partial charge in [0.25, 0.3) is 0 Å². The number of carbonyl (C=O) groups excluding carboxylic acids is 1. The Morgan fingerprint density at radius 3 is 2.75 bits per heavy atom. The maximum atomic E-state index is 10.4. The number of nitrogens with two attached hydrogens (primary N) is 2. The summed E-state index contributed by atoms with van der Waals surface area (Å²) in [4.78, 5) is 10.4. The maximum Gasteiger partial charge on any atom is 0.312 e. The number of anilines is 2. The summed E-state index contributed by atoms with van der Waals surface area (Å²) >= 11 is 0. The molecule has 1 aromatic carbocycles. The molecule has 0 saturated carbocycles. The molecule has 0 radical (unpaired) electrons. The second-order valence-electron chi connectivity index (χ2n) is 3.21. The van der Waals surface area contributed by atoms with Crippen molar-refractivity contribution < 1.29 is 9.53 Å². The highest BCUT2D eigenvalue weighted by Gasteiger charge is 1.98. The molecule has 0 aliphatic rings. The van der Waals surface area contributed by atoms with Gasteiger partial charge in [0.1, 0.15) is 5.75 Å². The Bertz CT molecular complexity index is 368. The van der Waals surface area contributed by atoms with Gasteiger partial charge in [0.05, 0.1) is 7.11 Å². The second-order valence-corrected chi connectivity index (χ2v) is 3.21. The molecule has 2 amide bonds. The molecule has 6 nitrogen and oxygen atoms in total. The van der Waals surface area contributed by atoms with Crippen molar-refractivity contribution in [1.29, 1.82) is 0 Å². The van der Waals surface area contributed by atoms with Crippen molar-refractivity contribution in [1.82, 2.24) is 5.32 Å². The van der Waals surface area contributed by atoms with Crippen LogP contribution in [0.15, 0.2) is 18.2 Å². The highest BCUT2D eigenvalue weighted by Crippen LogP contribution is 2.21. The van der Waals surface area contributed by atoms with Crippen LogP contribution >= 0.6 is 0 Å². The largest absolute Gasteiger partial charge is 0.497 e. The van der Waals surface area contributed by atoms with Gasteiger partial charge >= 0.3 is 6.03 Å². The summed E-state index contributed by atoms with van der Waals surface area (Å²) in [7, 11) is 1.58. The highest BCUT2D eigenvalue weighted by atomic mass is 16.5. The topological polar surface area (TPSA) is 102 Å². The van der Waals surface area contributed by atoms with Crippen molar-refractivity contribution >= 4 is 17.4 Å². The van der Waals surface area contributed by atoms with Crippen LogP contribution in [0.1, 0.15) is 0 Å². The molecule has 0 spiro atoms. The smallest absolute Gasteiger partial charge is 0.312 e. The van der Waals surface area contributed by atoms with E-state index >= 15 is 0 Å². The number of amides is 2. The van der Waals surface area contributed by atoms with Crippen LogP contribution in [0.4, 0.5) is 16.2 Å². The van der Waals surface area contributed by atoms with Gasteiger partial charge in [-0.25, -0.2) is 4.79 Å². The zero-order valence-corrected chi connectivity index (χ0v) is 9.12. The second kappa shape index (κ2) is 5.69. The van der Waals surface area contributed by atoms with E-state index in [2.05, 4.69) is 10.6 Å². The van der Waals surface area contributed by atoms with E-state index < -0.39 is 6.03 Å². The van der Waals surface area contributed by atoms with Crippen molar-refractivity contribution in [3.05, 3.63) is 18.2 Å². The quantitative estimate of drug-likeness (QED) is 0.428. The standard InChI is InChI=1S/C10H16N4O2/c1-16-9-5-7(11)4-8(6-9)13-2-3-14-10(12)15/h4-6,13H,2-3,11H2,1H3,(H3,12,14,15). The van der Waals surface area contributed by atoms with Crippen molar-refractivity contribution in [2.45, 2.75) is 0 Å². The zero-order chi connectivity index (χ0) is 12.0. The van der Waals surface area contributed by atoms with E-state index in [1.807, 2.05) is 6.07 Å². The van der Waals surface area contributed by atoms with Crippen LogP contribution in [0.5, 0.6) is 5.75 Å². The van der Waals surface area contributed by atoms with E-state index in [9.17, 15) is 4.79 Å². The van der Waals surface area contributed by atoms with Crippen molar-refractivity contribution in [2.24, 2.45) is 5.73 Å². The van der Waals surface area contributed by atoms with Crippen LogP contribution < -0.4 is 26.8 Å². The average molecular weight is 224 g/mol. The molecule has 6 heteroatoms. The molecule has 0 fully saturated rings. The lowest BCUT2D eigenvalue weighted by Crippen LogP contribution is -2.33. The summed E-state index contributed by atoms with van der Waals surface area (Å²) in [5.41, 5.74) is 12.1. The monoisotopic (exact) mass is 224 g/mol. The fraction of sp³-hybridized carbons (Fsp3) is 0.300. The number of rotatable bonds is 5. The first-order valence-corrected chi connectivity index (χ1v) is 4.83. The average Bonchev–Trinajstić information content (AvgIpc) is 2.23. The Kier molecular flexibility index (Phi) is 4.26. The molecular weight excluding hydrogens is 208 g/mol. The molecule has 0 aliphatic carbocycles. The minimum absolute atomic E-state index is 0.451. The Balaban J connectivity index is 2.47. The van der Waals surface area contributed by atoms with Crippen molar-refractivity contribution in [3.8, 4) is 5.75 Å². The van der Waals surface area contributed by atoms with E-state index in [1.165, 1.54) is 0 Å². The summed E-state index contributed by atoms with van der Waals surface area (Å²) in [6.07, 6.45) is 0. The number of ether oxygens (including phenoxy) is 1. The number of methoxy groups -OCH3 is 1. The molecule has 88 valence electrons. The Morgan fingerprint density at radius 1 is 1.38 bits per heavy atom. The fourth-order valence-electron chi connectivity index (χ4n) is 1.23. The Labute approximate surface area is 93.9 Å². The number of carbonyl (C=O) groups is 1. The molecule has 0 aliphatic heterocycles. The molecular formula is C10H16N4O2. The first-order valence-electron chi connectivity index (χ1n) is 4.83. The molecule has 0 heterocycles. The minimum Gasteiger partial charge on any atom is -0.497 e. The van der Waals surface area contributed by atoms with Gasteiger partial charge in [-0.2, -0.15) is 0 Å². The van der Waals surface area contributed by atoms with E-state index in [1.54, 1.807) is 19.2 Å². The molecule has 0 atom stereocenters. The van der Waals surface area contributed by atoms with Crippen LogP contribution in [-0.2, 0) is 0 Å². The molecule has 0 unspecified atom stereocenters. The van der Waals surface area contributed by atoms with Crippen molar-refractivity contribution in [2.75, 3.05) is 31.2 Å². The number of primary amides is 1. The zero-order valence-electron chi connectivity index (χ0n) is 9.12. The fourth-order valence-corrected chi connectivity index (χ4v) is 1.23. The third kappa shape index (κ3) is 3.95. The van der Waals surface area contributed by atoms with Gasteiger partial charge in [0, 0.05) is 36.6 Å². The van der Waals surface area contributed by atoms with Crippen LogP contribution in [-0.4, -0.2) is 26.2 Å². The first kappa shape index (κ1) is 12.0. The Morgan fingerprint density at radius 2 is 2.12 bits per heavy atom. The van der Waals surface area contributed by atoms with E-state index in [4.69, 9.17) is 16.2 Å². The molecule has 0 saturated heterocycles. The number of hydrogen-bond donors (Lipinski definition) is 4. The van der Waals surface area contributed by atoms with Gasteiger partial charge < -0.3 is 26.8 Å². The first-order chi connectivity index (χ1) is 7.61. The van der Waals surface area contributed by atoms with Crippen LogP contribution in [0.2, 0.25) is 0 Å². The molecule has 6 N–H and O–H groups in total. The highest BCUT2D eigenvalue weighted by molar-refractivity contribution is 5.71. The molecule has 16 heavy (non-hydrogen) atoms. The molecule has 0 aromatic heterocycles. The van der Waals surface area contributed by atoms with Gasteiger partial charge in [-0.05, 0) is 6.07 Å². The lowest BCUT2D eigenvalue weighted by molar-refractivity contribution is 0.249. The number of benzene rings is 1. The third-order valence-electron chi connectivity index (χ3n) is 1.92. The predicted octanol–water partition coefficient (Wildman–Crippen LogP) is 0.358. The minimum atomic E-state index is -0.535. The van der Waals surface area contributed by atoms with Gasteiger partial charge in [-0.15, -0.1) is 0 Å². The number of nitrogens with one attached hydrogen (secondary N) is 2. The summed E-state index contributed by atoms with van der Waals surface area (Å²) in [6, 6.07) is 4.80. The maximum absolute atomic E-state index is 10.4. The number of nitrogen functional groups attached to an aromatic ring is 1. The lowest BCUT2D eigenvalue weighted by Gasteiger charge is -2.09. The van der Waals surface area contributed by atoms with E-state index in [0.29, 0.717) is 24.5 Å². The number of hydrogen-bond acceptors (Lipinski definition) is 4. The van der Waals surface area contributed by atoms with Gasteiger partial charge in [-0.3, -0.25) is 0 Å².